The van der Waals surface area contributed by atoms with Crippen LogP contribution in [-0.2, 0) is 23.9 Å². The summed E-state index contributed by atoms with van der Waals surface area (Å²) in [5.41, 5.74) is 15.8. The van der Waals surface area contributed by atoms with Crippen LogP contribution in [0.2, 0.25) is 0 Å². The number of carbonyl (C=O) groups excluding carboxylic acids is 2. The van der Waals surface area contributed by atoms with Gasteiger partial charge in [0.2, 0.25) is 0 Å². The zero-order chi connectivity index (χ0) is 15.9. The summed E-state index contributed by atoms with van der Waals surface area (Å²) in [6.07, 6.45) is -1.11. The number of hydrogen-bond acceptors (Lipinski definition) is 9. The Hall–Kier alpha value is -1.75. The zero-order valence-electron chi connectivity index (χ0n) is 10.9. The van der Waals surface area contributed by atoms with Crippen molar-refractivity contribution in [1.82, 2.24) is 0 Å². The lowest BCUT2D eigenvalue weighted by atomic mass is 10.2. The van der Waals surface area contributed by atoms with Crippen LogP contribution in [0.1, 0.15) is 6.92 Å². The predicted octanol–water partition coefficient (Wildman–Crippen LogP) is -3.48. The van der Waals surface area contributed by atoms with E-state index in [2.05, 4.69) is 9.47 Å². The minimum absolute atomic E-state index is 0.513. The summed E-state index contributed by atoms with van der Waals surface area (Å²) in [7, 11) is 0. The fourth-order valence-electron chi connectivity index (χ4n) is 0.883. The summed E-state index contributed by atoms with van der Waals surface area (Å²) in [6, 6.07) is -3.92. The van der Waals surface area contributed by atoms with E-state index in [0.29, 0.717) is 0 Å². The van der Waals surface area contributed by atoms with Crippen LogP contribution in [0, 0.1) is 0 Å². The SMILES string of the molecule is C[C@@H](O)[C@H](N)C(=O)OC[C@H](N)C(=O)OC[C@H](N)C(=O)O. The van der Waals surface area contributed by atoms with E-state index in [4.69, 9.17) is 27.4 Å². The number of ether oxygens (including phenoxy) is 2. The summed E-state index contributed by atoms with van der Waals surface area (Å²) in [6.45, 7) is 0.233. The third-order valence-electron chi connectivity index (χ3n) is 2.22. The number of aliphatic hydroxyl groups excluding tert-OH is 1. The Labute approximate surface area is 114 Å². The minimum Gasteiger partial charge on any atom is -0.480 e. The van der Waals surface area contributed by atoms with Gasteiger partial charge in [0.05, 0.1) is 6.10 Å². The quantitative estimate of drug-likeness (QED) is 0.281. The molecule has 8 N–H and O–H groups in total. The van der Waals surface area contributed by atoms with E-state index in [1.165, 1.54) is 6.92 Å². The summed E-state index contributed by atoms with van der Waals surface area (Å²) >= 11 is 0. The molecule has 0 saturated heterocycles. The third kappa shape index (κ3) is 6.43. The van der Waals surface area contributed by atoms with Gasteiger partial charge < -0.3 is 36.9 Å². The Bertz CT molecular complexity index is 361. The van der Waals surface area contributed by atoms with Crippen LogP contribution in [-0.4, -0.2) is 65.6 Å². The number of aliphatic hydroxyl groups is 1. The Morgan fingerprint density at radius 1 is 1.00 bits per heavy atom. The average Bonchev–Trinajstić information content (AvgIpc) is 2.39. The van der Waals surface area contributed by atoms with Gasteiger partial charge in [-0.25, -0.2) is 0 Å². The molecule has 10 nitrogen and oxygen atoms in total. The molecular weight excluding hydrogens is 274 g/mol. The van der Waals surface area contributed by atoms with E-state index in [1.54, 1.807) is 0 Å². The normalized spacial score (nSPS) is 16.6. The van der Waals surface area contributed by atoms with Gasteiger partial charge in [-0.2, -0.15) is 0 Å². The molecule has 0 aliphatic heterocycles. The fraction of sp³-hybridized carbons (Fsp3) is 0.700. The van der Waals surface area contributed by atoms with Gasteiger partial charge in [0.1, 0.15) is 31.3 Å². The number of carboxylic acids is 1. The number of hydrogen-bond donors (Lipinski definition) is 5. The maximum absolute atomic E-state index is 11.3. The first-order chi connectivity index (χ1) is 9.16. The van der Waals surface area contributed by atoms with E-state index < -0.39 is 55.4 Å². The number of nitrogens with two attached hydrogens (primary N) is 3. The first kappa shape index (κ1) is 18.2. The van der Waals surface area contributed by atoms with E-state index >= 15 is 0 Å². The van der Waals surface area contributed by atoms with Gasteiger partial charge in [-0.3, -0.25) is 14.4 Å². The highest BCUT2D eigenvalue weighted by Crippen LogP contribution is 1.95. The summed E-state index contributed by atoms with van der Waals surface area (Å²) < 4.78 is 9.13. The molecule has 0 aromatic rings. The van der Waals surface area contributed by atoms with Crippen molar-refractivity contribution in [2.75, 3.05) is 13.2 Å². The molecule has 0 aromatic heterocycles. The lowest BCUT2D eigenvalue weighted by Crippen LogP contribution is -2.45. The van der Waals surface area contributed by atoms with Crippen molar-refractivity contribution in [2.45, 2.75) is 31.2 Å². The summed E-state index contributed by atoms with van der Waals surface area (Å²) in [5, 5.41) is 17.5. The van der Waals surface area contributed by atoms with E-state index in [9.17, 15) is 14.4 Å². The second-order valence-electron chi connectivity index (χ2n) is 4.08. The van der Waals surface area contributed by atoms with Crippen molar-refractivity contribution < 1.29 is 34.1 Å². The van der Waals surface area contributed by atoms with Crippen molar-refractivity contribution in [1.29, 1.82) is 0 Å². The molecule has 0 amide bonds. The smallest absolute Gasteiger partial charge is 0.326 e. The van der Waals surface area contributed by atoms with Gasteiger partial charge >= 0.3 is 17.9 Å². The van der Waals surface area contributed by atoms with Gasteiger partial charge in [0.25, 0.3) is 0 Å². The zero-order valence-corrected chi connectivity index (χ0v) is 10.9. The van der Waals surface area contributed by atoms with Crippen LogP contribution in [0.5, 0.6) is 0 Å². The summed E-state index contributed by atoms with van der Waals surface area (Å²) in [4.78, 5) is 33.0. The van der Waals surface area contributed by atoms with Crippen molar-refractivity contribution in [2.24, 2.45) is 17.2 Å². The number of esters is 2. The minimum atomic E-state index is -1.36. The van der Waals surface area contributed by atoms with Gasteiger partial charge in [-0.15, -0.1) is 0 Å². The van der Waals surface area contributed by atoms with Crippen molar-refractivity contribution in [3.63, 3.8) is 0 Å². The molecule has 0 aliphatic rings. The Balaban J connectivity index is 4.09. The van der Waals surface area contributed by atoms with E-state index in [1.807, 2.05) is 0 Å². The monoisotopic (exact) mass is 293 g/mol. The maximum Gasteiger partial charge on any atom is 0.326 e. The van der Waals surface area contributed by atoms with Gasteiger partial charge in [0.15, 0.2) is 0 Å². The first-order valence-electron chi connectivity index (χ1n) is 5.67. The fourth-order valence-corrected chi connectivity index (χ4v) is 0.883. The third-order valence-corrected chi connectivity index (χ3v) is 2.22. The molecule has 0 saturated carbocycles. The van der Waals surface area contributed by atoms with Crippen LogP contribution in [0.25, 0.3) is 0 Å². The topological polar surface area (TPSA) is 188 Å². The number of carbonyl (C=O) groups is 3. The van der Waals surface area contributed by atoms with Crippen LogP contribution in [0.3, 0.4) is 0 Å². The first-order valence-corrected chi connectivity index (χ1v) is 5.67. The van der Waals surface area contributed by atoms with E-state index in [0.717, 1.165) is 0 Å². The average molecular weight is 293 g/mol. The van der Waals surface area contributed by atoms with Gasteiger partial charge in [0, 0.05) is 0 Å². The van der Waals surface area contributed by atoms with E-state index in [-0.39, 0.29) is 0 Å². The lowest BCUT2D eigenvalue weighted by Gasteiger charge is -2.16. The lowest BCUT2D eigenvalue weighted by molar-refractivity contribution is -0.154. The Morgan fingerprint density at radius 3 is 1.90 bits per heavy atom. The molecule has 0 fully saturated rings. The van der Waals surface area contributed by atoms with Crippen LogP contribution in [0.4, 0.5) is 0 Å². The summed E-state index contributed by atoms with van der Waals surface area (Å²) in [5.74, 6) is -3.23. The standard InChI is InChI=1S/C10H19N3O7/c1-4(14)7(13)10(18)20-3-6(12)9(17)19-2-5(11)8(15)16/h4-7,14H,2-3,11-13H2,1H3,(H,15,16)/t4-,5+,6+,7+/m1/s1. The molecule has 0 heterocycles. The predicted molar refractivity (Wildman–Crippen MR) is 65.2 cm³/mol. The van der Waals surface area contributed by atoms with Crippen molar-refractivity contribution in [3.05, 3.63) is 0 Å². The highest BCUT2D eigenvalue weighted by Gasteiger charge is 2.24. The molecule has 10 heteroatoms. The highest BCUT2D eigenvalue weighted by atomic mass is 16.6. The van der Waals surface area contributed by atoms with Gasteiger partial charge in [-0.05, 0) is 6.92 Å². The van der Waals surface area contributed by atoms with Crippen LogP contribution >= 0.6 is 0 Å². The number of carboxylic acid groups (broad SMARTS) is 1. The molecule has 0 bridgehead atoms. The molecular formula is C10H19N3O7. The van der Waals surface area contributed by atoms with Crippen molar-refractivity contribution in [3.8, 4) is 0 Å². The molecule has 0 aliphatic carbocycles. The molecule has 0 rings (SSSR count). The second kappa shape index (κ2) is 8.43. The van der Waals surface area contributed by atoms with Crippen LogP contribution in [0.15, 0.2) is 0 Å². The van der Waals surface area contributed by atoms with Crippen LogP contribution < -0.4 is 17.2 Å². The highest BCUT2D eigenvalue weighted by molar-refractivity contribution is 5.79. The maximum atomic E-state index is 11.3. The van der Waals surface area contributed by atoms with Gasteiger partial charge in [-0.1, -0.05) is 0 Å². The molecule has 0 spiro atoms. The molecule has 20 heavy (non-hydrogen) atoms. The second-order valence-corrected chi connectivity index (χ2v) is 4.08. The number of aliphatic carboxylic acids is 1. The molecule has 4 atom stereocenters. The molecule has 0 unspecified atom stereocenters. The Morgan fingerprint density at radius 2 is 1.45 bits per heavy atom. The van der Waals surface area contributed by atoms with Crippen molar-refractivity contribution >= 4 is 17.9 Å². The molecule has 0 aromatic carbocycles. The molecule has 116 valence electrons. The largest absolute Gasteiger partial charge is 0.480 e. The Kier molecular flexibility index (Phi) is 7.69. The number of rotatable bonds is 8. The molecule has 0 radical (unpaired) electrons.